The number of benzene rings is 1. The van der Waals surface area contributed by atoms with E-state index in [9.17, 15) is 27.2 Å². The SMILES string of the molecule is CCCCCCC(OC1=COC=C(C2=CC=CC(F)(F)C2(F)F)O1)c1ccc(C(=O)NCCC(=O)O)cc1. The normalized spacial score (nSPS) is 18.2. The highest BCUT2D eigenvalue weighted by Gasteiger charge is 2.59. The fourth-order valence-electron chi connectivity index (χ4n) is 3.79. The molecule has 1 aromatic carbocycles. The van der Waals surface area contributed by atoms with Crippen LogP contribution in [0.4, 0.5) is 17.6 Å². The Morgan fingerprint density at radius 3 is 2.50 bits per heavy atom. The Morgan fingerprint density at radius 1 is 1.08 bits per heavy atom. The van der Waals surface area contributed by atoms with Gasteiger partial charge in [0.1, 0.15) is 12.4 Å². The molecule has 1 aliphatic carbocycles. The zero-order valence-electron chi connectivity index (χ0n) is 20.7. The monoisotopic (exact) mass is 539 g/mol. The summed E-state index contributed by atoms with van der Waals surface area (Å²) in [6.45, 7) is 2.05. The molecule has 1 heterocycles. The average Bonchev–Trinajstić information content (AvgIpc) is 2.87. The fourth-order valence-corrected chi connectivity index (χ4v) is 3.79. The number of unbranched alkanes of at least 4 members (excludes halogenated alkanes) is 3. The lowest BCUT2D eigenvalue weighted by Crippen LogP contribution is -2.42. The largest absolute Gasteiger partial charge is 0.481 e. The van der Waals surface area contributed by atoms with Gasteiger partial charge in [-0.2, -0.15) is 17.6 Å². The van der Waals surface area contributed by atoms with E-state index < -0.39 is 41.2 Å². The Balaban J connectivity index is 1.71. The molecule has 7 nitrogen and oxygen atoms in total. The predicted octanol–water partition coefficient (Wildman–Crippen LogP) is 6.37. The number of carboxylic acids is 1. The number of amides is 1. The average molecular weight is 540 g/mol. The van der Waals surface area contributed by atoms with E-state index >= 15 is 0 Å². The minimum atomic E-state index is -4.51. The smallest absolute Gasteiger partial charge is 0.342 e. The highest BCUT2D eigenvalue weighted by atomic mass is 19.3. The lowest BCUT2D eigenvalue weighted by molar-refractivity contribution is -0.157. The predicted molar refractivity (Wildman–Crippen MR) is 129 cm³/mol. The summed E-state index contributed by atoms with van der Waals surface area (Å²) in [5, 5.41) is 11.2. The molecule has 1 unspecified atom stereocenters. The summed E-state index contributed by atoms with van der Waals surface area (Å²) < 4.78 is 72.8. The van der Waals surface area contributed by atoms with E-state index in [1.54, 1.807) is 24.3 Å². The summed E-state index contributed by atoms with van der Waals surface area (Å²) in [5.74, 6) is -11.3. The third kappa shape index (κ3) is 7.17. The van der Waals surface area contributed by atoms with Crippen LogP contribution in [-0.2, 0) is 19.0 Å². The highest BCUT2D eigenvalue weighted by Crippen LogP contribution is 2.47. The Kier molecular flexibility index (Phi) is 9.60. The van der Waals surface area contributed by atoms with Crippen molar-refractivity contribution in [3.05, 3.63) is 83.4 Å². The molecule has 0 saturated carbocycles. The molecule has 0 saturated heterocycles. The van der Waals surface area contributed by atoms with Crippen LogP contribution in [0, 0.1) is 0 Å². The Labute approximate surface area is 217 Å². The van der Waals surface area contributed by atoms with Gasteiger partial charge in [0.2, 0.25) is 0 Å². The minimum absolute atomic E-state index is 0.0162. The van der Waals surface area contributed by atoms with Crippen LogP contribution in [0.15, 0.2) is 72.3 Å². The van der Waals surface area contributed by atoms with Gasteiger partial charge in [0.05, 0.1) is 12.0 Å². The lowest BCUT2D eigenvalue weighted by Gasteiger charge is -2.30. The van der Waals surface area contributed by atoms with Gasteiger partial charge in [-0.15, -0.1) is 0 Å². The number of aliphatic carboxylic acids is 1. The van der Waals surface area contributed by atoms with Crippen molar-refractivity contribution in [2.75, 3.05) is 6.54 Å². The molecule has 0 fully saturated rings. The van der Waals surface area contributed by atoms with Crippen LogP contribution in [0.5, 0.6) is 0 Å². The van der Waals surface area contributed by atoms with Crippen LogP contribution in [0.25, 0.3) is 0 Å². The molecule has 0 spiro atoms. The summed E-state index contributed by atoms with van der Waals surface area (Å²) >= 11 is 0. The topological polar surface area (TPSA) is 94.1 Å². The molecular formula is C27H29F4NO6. The molecule has 38 heavy (non-hydrogen) atoms. The van der Waals surface area contributed by atoms with Crippen LogP contribution in [-0.4, -0.2) is 35.4 Å². The first kappa shape index (κ1) is 28.8. The molecule has 3 rings (SSSR count). The maximum absolute atomic E-state index is 14.4. The number of hydrogen-bond acceptors (Lipinski definition) is 5. The quantitative estimate of drug-likeness (QED) is 0.223. The van der Waals surface area contributed by atoms with E-state index in [-0.39, 0.29) is 25.0 Å². The zero-order chi connectivity index (χ0) is 27.8. The molecule has 206 valence electrons. The van der Waals surface area contributed by atoms with Crippen LogP contribution in [0.2, 0.25) is 0 Å². The Bertz CT molecular complexity index is 1120. The summed E-state index contributed by atoms with van der Waals surface area (Å²) in [6.07, 6.45) is 7.02. The van der Waals surface area contributed by atoms with Crippen molar-refractivity contribution in [2.24, 2.45) is 0 Å². The van der Waals surface area contributed by atoms with Gasteiger partial charge < -0.3 is 24.6 Å². The van der Waals surface area contributed by atoms with Gasteiger partial charge in [0.15, 0.2) is 12.0 Å². The Hall–Kier alpha value is -3.76. The molecule has 2 aliphatic rings. The first-order valence-electron chi connectivity index (χ1n) is 12.2. The van der Waals surface area contributed by atoms with Crippen LogP contribution in [0.3, 0.4) is 0 Å². The third-order valence-corrected chi connectivity index (χ3v) is 5.89. The minimum Gasteiger partial charge on any atom is -0.481 e. The number of carbonyl (C=O) groups is 2. The van der Waals surface area contributed by atoms with E-state index in [1.807, 2.05) is 0 Å². The van der Waals surface area contributed by atoms with Gasteiger partial charge in [0, 0.05) is 12.1 Å². The van der Waals surface area contributed by atoms with Crippen molar-refractivity contribution in [3.63, 3.8) is 0 Å². The molecule has 1 aliphatic heterocycles. The van der Waals surface area contributed by atoms with Crippen LogP contribution in [0.1, 0.15) is 67.5 Å². The number of allylic oxidation sites excluding steroid dienone is 4. The standard InChI is InChI=1S/C27H29F4NO6/c1-2-3-4-5-8-21(18-9-11-19(12-10-18)25(35)32-15-13-23(33)34)37-24-17-36-16-22(38-24)20-7-6-14-26(28,29)27(20,30)31/h6-7,9-12,14,16-17,21H,2-5,8,13,15H2,1H3,(H,32,35)(H,33,34). The van der Waals surface area contributed by atoms with Crippen molar-refractivity contribution in [1.82, 2.24) is 5.32 Å². The molecule has 2 N–H and O–H groups in total. The maximum atomic E-state index is 14.4. The number of ether oxygens (including phenoxy) is 3. The lowest BCUT2D eigenvalue weighted by atomic mass is 9.95. The maximum Gasteiger partial charge on any atom is 0.342 e. The van der Waals surface area contributed by atoms with E-state index in [1.165, 1.54) is 0 Å². The third-order valence-electron chi connectivity index (χ3n) is 5.89. The van der Waals surface area contributed by atoms with Crippen molar-refractivity contribution in [3.8, 4) is 0 Å². The second-order valence-electron chi connectivity index (χ2n) is 8.77. The van der Waals surface area contributed by atoms with Crippen molar-refractivity contribution < 1.29 is 46.5 Å². The van der Waals surface area contributed by atoms with Gasteiger partial charge in [-0.25, -0.2) is 0 Å². The molecule has 1 aromatic rings. The highest BCUT2D eigenvalue weighted by molar-refractivity contribution is 5.94. The van der Waals surface area contributed by atoms with Crippen LogP contribution >= 0.6 is 0 Å². The van der Waals surface area contributed by atoms with Crippen molar-refractivity contribution >= 4 is 11.9 Å². The number of halogens is 4. The Morgan fingerprint density at radius 2 is 1.82 bits per heavy atom. The number of alkyl halides is 4. The number of rotatable bonds is 13. The van der Waals surface area contributed by atoms with E-state index in [4.69, 9.17) is 19.3 Å². The van der Waals surface area contributed by atoms with Crippen LogP contribution < -0.4 is 5.32 Å². The van der Waals surface area contributed by atoms with Gasteiger partial charge in [0.25, 0.3) is 5.91 Å². The molecular weight excluding hydrogens is 510 g/mol. The van der Waals surface area contributed by atoms with Gasteiger partial charge in [-0.3, -0.25) is 9.59 Å². The van der Waals surface area contributed by atoms with E-state index in [0.717, 1.165) is 50.4 Å². The molecule has 0 radical (unpaired) electrons. The van der Waals surface area contributed by atoms with Crippen molar-refractivity contribution in [2.45, 2.75) is 63.4 Å². The van der Waals surface area contributed by atoms with Gasteiger partial charge in [-0.1, -0.05) is 44.4 Å². The number of nitrogens with one attached hydrogen (secondary N) is 1. The molecule has 0 aromatic heterocycles. The first-order chi connectivity index (χ1) is 18.0. The summed E-state index contributed by atoms with van der Waals surface area (Å²) in [6, 6.07) is 6.41. The molecule has 1 atom stereocenters. The molecule has 11 heteroatoms. The van der Waals surface area contributed by atoms with Gasteiger partial charge >= 0.3 is 23.8 Å². The summed E-state index contributed by atoms with van der Waals surface area (Å²) in [4.78, 5) is 22.9. The van der Waals surface area contributed by atoms with Gasteiger partial charge in [-0.05, 0) is 42.7 Å². The number of hydrogen-bond donors (Lipinski definition) is 2. The van der Waals surface area contributed by atoms with E-state index in [0.29, 0.717) is 17.5 Å². The van der Waals surface area contributed by atoms with Crippen molar-refractivity contribution in [1.29, 1.82) is 0 Å². The zero-order valence-corrected chi connectivity index (χ0v) is 20.7. The second kappa shape index (κ2) is 12.7. The number of carbonyl (C=O) groups excluding carboxylic acids is 1. The first-order valence-corrected chi connectivity index (χ1v) is 12.2. The summed E-state index contributed by atoms with van der Waals surface area (Å²) in [7, 11) is 0. The number of carboxylic acid groups (broad SMARTS) is 1. The molecule has 0 bridgehead atoms. The fraction of sp³-hybridized carbons (Fsp3) is 0.407. The molecule has 1 amide bonds. The second-order valence-corrected chi connectivity index (χ2v) is 8.77. The van der Waals surface area contributed by atoms with E-state index in [2.05, 4.69) is 12.2 Å². The summed E-state index contributed by atoms with van der Waals surface area (Å²) in [5.41, 5.74) is -0.0798.